The zero-order chi connectivity index (χ0) is 16.2. The van der Waals surface area contributed by atoms with E-state index in [4.69, 9.17) is 4.74 Å². The maximum atomic E-state index is 12.6. The van der Waals surface area contributed by atoms with Crippen molar-refractivity contribution in [3.8, 4) is 0 Å². The Kier molecular flexibility index (Phi) is 5.56. The molecule has 0 saturated carbocycles. The maximum Gasteiger partial charge on any atom is 0.254 e. The number of carbonyl (C=O) groups excluding carboxylic acids is 1. The molecule has 1 fully saturated rings. The van der Waals surface area contributed by atoms with Gasteiger partial charge in [-0.15, -0.1) is 0 Å². The third-order valence-electron chi connectivity index (χ3n) is 3.90. The first-order valence-electron chi connectivity index (χ1n) is 7.71. The topological polar surface area (TPSA) is 70.0 Å². The van der Waals surface area contributed by atoms with E-state index in [-0.39, 0.29) is 18.6 Å². The lowest BCUT2D eigenvalue weighted by Crippen LogP contribution is -2.50. The predicted molar refractivity (Wildman–Crippen MR) is 83.8 cm³/mol. The number of hydrogen-bond acceptors (Lipinski definition) is 4. The van der Waals surface area contributed by atoms with Gasteiger partial charge in [-0.3, -0.25) is 4.79 Å². The molecule has 2 N–H and O–H groups in total. The Morgan fingerprint density at radius 1 is 1.45 bits per heavy atom. The number of aryl methyl sites for hydroxylation is 1. The Hall–Kier alpha value is -1.43. The number of benzene rings is 1. The minimum atomic E-state index is -0.716. The van der Waals surface area contributed by atoms with E-state index >= 15 is 0 Å². The summed E-state index contributed by atoms with van der Waals surface area (Å²) in [6, 6.07) is 7.21. The smallest absolute Gasteiger partial charge is 0.254 e. The number of rotatable bonds is 5. The Balaban J connectivity index is 2.09. The molecule has 0 aromatic heterocycles. The molecule has 1 unspecified atom stereocenters. The zero-order valence-corrected chi connectivity index (χ0v) is 13.3. The van der Waals surface area contributed by atoms with Gasteiger partial charge >= 0.3 is 0 Å². The van der Waals surface area contributed by atoms with E-state index in [9.17, 15) is 15.0 Å². The first kappa shape index (κ1) is 16.9. The third-order valence-corrected chi connectivity index (χ3v) is 3.90. The van der Waals surface area contributed by atoms with Crippen LogP contribution in [0.1, 0.15) is 36.2 Å². The van der Waals surface area contributed by atoms with Crippen molar-refractivity contribution in [1.82, 2.24) is 4.90 Å². The van der Waals surface area contributed by atoms with E-state index < -0.39 is 5.60 Å². The van der Waals surface area contributed by atoms with Crippen molar-refractivity contribution in [1.29, 1.82) is 0 Å². The molecule has 1 aliphatic heterocycles. The summed E-state index contributed by atoms with van der Waals surface area (Å²) in [5.74, 6) is -0.0764. The number of carbonyl (C=O) groups is 1. The van der Waals surface area contributed by atoms with Crippen molar-refractivity contribution in [2.24, 2.45) is 0 Å². The zero-order valence-electron chi connectivity index (χ0n) is 13.3. The predicted octanol–water partition coefficient (Wildman–Crippen LogP) is 1.22. The van der Waals surface area contributed by atoms with Crippen molar-refractivity contribution in [2.75, 3.05) is 26.4 Å². The van der Waals surface area contributed by atoms with Crippen molar-refractivity contribution in [3.63, 3.8) is 0 Å². The quantitative estimate of drug-likeness (QED) is 0.858. The fraction of sp³-hybridized carbons (Fsp3) is 0.588. The van der Waals surface area contributed by atoms with Gasteiger partial charge in [0.2, 0.25) is 0 Å². The second-order valence-corrected chi connectivity index (χ2v) is 6.42. The molecule has 5 nitrogen and oxygen atoms in total. The summed E-state index contributed by atoms with van der Waals surface area (Å²) in [6.07, 6.45) is 1.36. The van der Waals surface area contributed by atoms with Gasteiger partial charge in [-0.05, 0) is 44.4 Å². The molecular weight excluding hydrogens is 282 g/mol. The van der Waals surface area contributed by atoms with Crippen LogP contribution in [0, 0.1) is 0 Å². The maximum absolute atomic E-state index is 12.6. The number of morpholine rings is 1. The van der Waals surface area contributed by atoms with Crippen LogP contribution < -0.4 is 0 Å². The van der Waals surface area contributed by atoms with E-state index in [1.807, 2.05) is 18.2 Å². The summed E-state index contributed by atoms with van der Waals surface area (Å²) in [6.45, 7) is 4.84. The van der Waals surface area contributed by atoms with Gasteiger partial charge in [-0.2, -0.15) is 0 Å². The number of nitrogens with zero attached hydrogens (tertiary/aromatic N) is 1. The molecule has 1 amide bonds. The summed E-state index contributed by atoms with van der Waals surface area (Å²) in [5, 5.41) is 19.2. The van der Waals surface area contributed by atoms with Crippen molar-refractivity contribution >= 4 is 5.91 Å². The molecule has 1 aromatic carbocycles. The SMILES string of the molecule is CC(C)(O)CCc1cccc(C(=O)N2CCOCC2CO)c1. The van der Waals surface area contributed by atoms with Gasteiger partial charge in [0, 0.05) is 12.1 Å². The molecule has 122 valence electrons. The molecule has 2 rings (SSSR count). The van der Waals surface area contributed by atoms with Gasteiger partial charge in [0.1, 0.15) is 0 Å². The molecule has 0 radical (unpaired) electrons. The third kappa shape index (κ3) is 4.53. The molecule has 1 saturated heterocycles. The number of ether oxygens (including phenoxy) is 1. The van der Waals surface area contributed by atoms with E-state index in [0.29, 0.717) is 31.7 Å². The Bertz CT molecular complexity index is 510. The van der Waals surface area contributed by atoms with Gasteiger partial charge < -0.3 is 19.8 Å². The lowest BCUT2D eigenvalue weighted by molar-refractivity contribution is -0.0183. The van der Waals surface area contributed by atoms with E-state index in [1.54, 1.807) is 24.8 Å². The van der Waals surface area contributed by atoms with Gasteiger partial charge in [-0.25, -0.2) is 0 Å². The molecule has 5 heteroatoms. The average molecular weight is 307 g/mol. The molecular formula is C17H25NO4. The van der Waals surface area contributed by atoms with Crippen LogP contribution in [0.3, 0.4) is 0 Å². The highest BCUT2D eigenvalue weighted by Gasteiger charge is 2.27. The Morgan fingerprint density at radius 3 is 2.91 bits per heavy atom. The fourth-order valence-corrected chi connectivity index (χ4v) is 2.55. The second-order valence-electron chi connectivity index (χ2n) is 6.42. The highest BCUT2D eigenvalue weighted by atomic mass is 16.5. The van der Waals surface area contributed by atoms with Gasteiger partial charge in [0.25, 0.3) is 5.91 Å². The first-order chi connectivity index (χ1) is 10.4. The molecule has 1 aliphatic rings. The van der Waals surface area contributed by atoms with Crippen molar-refractivity contribution in [2.45, 2.75) is 38.3 Å². The van der Waals surface area contributed by atoms with Crippen LogP contribution in [0.4, 0.5) is 0 Å². The van der Waals surface area contributed by atoms with Crippen molar-refractivity contribution < 1.29 is 19.7 Å². The molecule has 0 spiro atoms. The monoisotopic (exact) mass is 307 g/mol. The van der Waals surface area contributed by atoms with Crippen molar-refractivity contribution in [3.05, 3.63) is 35.4 Å². The van der Waals surface area contributed by atoms with Crippen LogP contribution in [0.2, 0.25) is 0 Å². The number of aliphatic hydroxyl groups excluding tert-OH is 1. The van der Waals surface area contributed by atoms with E-state index in [0.717, 1.165) is 12.0 Å². The fourth-order valence-electron chi connectivity index (χ4n) is 2.55. The summed E-state index contributed by atoms with van der Waals surface area (Å²) in [5.41, 5.74) is 0.932. The van der Waals surface area contributed by atoms with Crippen LogP contribution in [0.5, 0.6) is 0 Å². The summed E-state index contributed by atoms with van der Waals surface area (Å²) in [7, 11) is 0. The number of hydrogen-bond donors (Lipinski definition) is 2. The van der Waals surface area contributed by atoms with E-state index in [1.165, 1.54) is 0 Å². The summed E-state index contributed by atoms with van der Waals surface area (Å²) < 4.78 is 5.31. The first-order valence-corrected chi connectivity index (χ1v) is 7.71. The lowest BCUT2D eigenvalue weighted by atomic mass is 9.97. The highest BCUT2D eigenvalue weighted by molar-refractivity contribution is 5.94. The van der Waals surface area contributed by atoms with Crippen LogP contribution in [-0.4, -0.2) is 59.0 Å². The summed E-state index contributed by atoms with van der Waals surface area (Å²) in [4.78, 5) is 14.3. The molecule has 22 heavy (non-hydrogen) atoms. The molecule has 1 aromatic rings. The molecule has 0 aliphatic carbocycles. The second kappa shape index (κ2) is 7.22. The standard InChI is InChI=1S/C17H25NO4/c1-17(2,21)7-6-13-4-3-5-14(10-13)16(20)18-8-9-22-12-15(18)11-19/h3-5,10,15,19,21H,6-9,11-12H2,1-2H3. The minimum Gasteiger partial charge on any atom is -0.394 e. The largest absolute Gasteiger partial charge is 0.394 e. The lowest BCUT2D eigenvalue weighted by Gasteiger charge is -2.34. The van der Waals surface area contributed by atoms with Gasteiger partial charge in [-0.1, -0.05) is 12.1 Å². The summed E-state index contributed by atoms with van der Waals surface area (Å²) >= 11 is 0. The molecule has 0 bridgehead atoms. The van der Waals surface area contributed by atoms with Gasteiger partial charge in [0.05, 0.1) is 31.5 Å². The van der Waals surface area contributed by atoms with Crippen LogP contribution in [0.25, 0.3) is 0 Å². The average Bonchev–Trinajstić information content (AvgIpc) is 2.52. The minimum absolute atomic E-state index is 0.0764. The highest BCUT2D eigenvalue weighted by Crippen LogP contribution is 2.17. The van der Waals surface area contributed by atoms with Crippen LogP contribution in [0.15, 0.2) is 24.3 Å². The number of aliphatic hydroxyl groups is 2. The van der Waals surface area contributed by atoms with E-state index in [2.05, 4.69) is 0 Å². The molecule has 1 heterocycles. The Morgan fingerprint density at radius 2 is 2.23 bits per heavy atom. The molecule has 1 atom stereocenters. The number of amides is 1. The van der Waals surface area contributed by atoms with Gasteiger partial charge in [0.15, 0.2) is 0 Å². The normalized spacial score (nSPS) is 19.3. The van der Waals surface area contributed by atoms with Crippen LogP contribution in [-0.2, 0) is 11.2 Å². The Labute approximate surface area is 131 Å². The van der Waals surface area contributed by atoms with Crippen LogP contribution >= 0.6 is 0 Å².